The molecule has 3 nitrogen and oxygen atoms in total. The van der Waals surface area contributed by atoms with E-state index in [1.807, 2.05) is 0 Å². The summed E-state index contributed by atoms with van der Waals surface area (Å²) in [6, 6.07) is -0.168. The van der Waals surface area contributed by atoms with Crippen LogP contribution in [0.4, 0.5) is 0 Å². The van der Waals surface area contributed by atoms with E-state index in [9.17, 15) is 4.79 Å². The van der Waals surface area contributed by atoms with Gasteiger partial charge in [0.15, 0.2) is 0 Å². The zero-order valence-corrected chi connectivity index (χ0v) is 12.4. The van der Waals surface area contributed by atoms with Crippen molar-refractivity contribution >= 4 is 5.97 Å². The third-order valence-electron chi connectivity index (χ3n) is 4.50. The third kappa shape index (κ3) is 8.25. The van der Waals surface area contributed by atoms with Gasteiger partial charge in [0.1, 0.15) is 0 Å². The SMILES string of the molecule is C[C@@H](CCCCC1CCCC1)CC[C@H](N)CC(=O)O. The first kappa shape index (κ1) is 16.5. The predicted octanol–water partition coefficient (Wildman–Crippen LogP) is 3.96. The average Bonchev–Trinajstić information content (AvgIpc) is 2.84. The predicted molar refractivity (Wildman–Crippen MR) is 79.1 cm³/mol. The summed E-state index contributed by atoms with van der Waals surface area (Å²) in [4.78, 5) is 10.5. The molecule has 0 amide bonds. The Bertz CT molecular complexity index is 249. The van der Waals surface area contributed by atoms with Crippen LogP contribution in [0.25, 0.3) is 0 Å². The number of carboxylic acids is 1. The molecule has 0 bridgehead atoms. The van der Waals surface area contributed by atoms with Gasteiger partial charge < -0.3 is 10.8 Å². The number of hydrogen-bond donors (Lipinski definition) is 2. The normalized spacial score (nSPS) is 19.5. The maximum Gasteiger partial charge on any atom is 0.304 e. The third-order valence-corrected chi connectivity index (χ3v) is 4.50. The van der Waals surface area contributed by atoms with Crippen LogP contribution >= 0.6 is 0 Å². The zero-order chi connectivity index (χ0) is 14.1. The van der Waals surface area contributed by atoms with Crippen molar-refractivity contribution in [2.45, 2.75) is 83.6 Å². The molecule has 0 radical (unpaired) electrons. The Hall–Kier alpha value is -0.570. The quantitative estimate of drug-likeness (QED) is 0.590. The van der Waals surface area contributed by atoms with Crippen molar-refractivity contribution in [3.63, 3.8) is 0 Å². The number of carbonyl (C=O) groups is 1. The highest BCUT2D eigenvalue weighted by molar-refractivity contribution is 5.67. The number of hydrogen-bond acceptors (Lipinski definition) is 2. The Morgan fingerprint density at radius 3 is 2.53 bits per heavy atom. The lowest BCUT2D eigenvalue weighted by Gasteiger charge is -2.15. The van der Waals surface area contributed by atoms with E-state index in [1.165, 1.54) is 51.4 Å². The van der Waals surface area contributed by atoms with Crippen molar-refractivity contribution in [2.75, 3.05) is 0 Å². The van der Waals surface area contributed by atoms with E-state index in [0.29, 0.717) is 5.92 Å². The van der Waals surface area contributed by atoms with Gasteiger partial charge in [0.05, 0.1) is 6.42 Å². The Labute approximate surface area is 118 Å². The summed E-state index contributed by atoms with van der Waals surface area (Å²) < 4.78 is 0. The van der Waals surface area contributed by atoms with Crippen molar-refractivity contribution in [2.24, 2.45) is 17.6 Å². The minimum absolute atomic E-state index is 0.106. The lowest BCUT2D eigenvalue weighted by Crippen LogP contribution is -2.24. The molecule has 3 heteroatoms. The van der Waals surface area contributed by atoms with E-state index in [2.05, 4.69) is 6.92 Å². The smallest absolute Gasteiger partial charge is 0.304 e. The van der Waals surface area contributed by atoms with Gasteiger partial charge in [-0.2, -0.15) is 0 Å². The van der Waals surface area contributed by atoms with E-state index in [-0.39, 0.29) is 12.5 Å². The van der Waals surface area contributed by atoms with Gasteiger partial charge in [-0.15, -0.1) is 0 Å². The summed E-state index contributed by atoms with van der Waals surface area (Å²) in [5.41, 5.74) is 5.78. The molecule has 1 aliphatic rings. The van der Waals surface area contributed by atoms with Crippen LogP contribution in [0.1, 0.15) is 77.6 Å². The van der Waals surface area contributed by atoms with Crippen molar-refractivity contribution < 1.29 is 9.90 Å². The summed E-state index contributed by atoms with van der Waals surface area (Å²) in [5, 5.41) is 8.65. The first-order valence-corrected chi connectivity index (χ1v) is 8.05. The molecule has 0 aromatic heterocycles. The second-order valence-electron chi connectivity index (χ2n) is 6.48. The highest BCUT2D eigenvalue weighted by atomic mass is 16.4. The Morgan fingerprint density at radius 2 is 1.89 bits per heavy atom. The summed E-state index contributed by atoms with van der Waals surface area (Å²) >= 11 is 0. The number of carboxylic acid groups (broad SMARTS) is 1. The molecular weight excluding hydrogens is 238 g/mol. The Morgan fingerprint density at radius 1 is 1.21 bits per heavy atom. The zero-order valence-electron chi connectivity index (χ0n) is 12.4. The van der Waals surface area contributed by atoms with Crippen molar-refractivity contribution in [3.8, 4) is 0 Å². The van der Waals surface area contributed by atoms with Gasteiger partial charge in [0.25, 0.3) is 0 Å². The highest BCUT2D eigenvalue weighted by Gasteiger charge is 2.14. The van der Waals surface area contributed by atoms with E-state index in [0.717, 1.165) is 18.8 Å². The maximum absolute atomic E-state index is 10.5. The summed E-state index contributed by atoms with van der Waals surface area (Å²) in [6.07, 6.45) is 13.2. The standard InChI is InChI=1S/C16H31NO2/c1-13(10-11-15(17)12-16(18)19)6-2-3-7-14-8-4-5-9-14/h13-15H,2-12,17H2,1H3,(H,18,19)/t13-,15-/m0/s1. The number of aliphatic carboxylic acids is 1. The molecule has 0 heterocycles. The second kappa shape index (κ2) is 9.35. The molecular formula is C16H31NO2. The number of rotatable bonds is 10. The fourth-order valence-electron chi connectivity index (χ4n) is 3.19. The average molecular weight is 269 g/mol. The first-order valence-electron chi connectivity index (χ1n) is 8.05. The van der Waals surface area contributed by atoms with Crippen LogP contribution in [0.3, 0.4) is 0 Å². The van der Waals surface area contributed by atoms with Gasteiger partial charge in [0.2, 0.25) is 0 Å². The van der Waals surface area contributed by atoms with Crippen LogP contribution in [0.5, 0.6) is 0 Å². The molecule has 0 aromatic rings. The first-order chi connectivity index (χ1) is 9.08. The van der Waals surface area contributed by atoms with Crippen molar-refractivity contribution in [3.05, 3.63) is 0 Å². The molecule has 1 fully saturated rings. The Balaban J connectivity index is 1.95. The fraction of sp³-hybridized carbons (Fsp3) is 0.938. The van der Waals surface area contributed by atoms with Crippen LogP contribution in [0, 0.1) is 11.8 Å². The van der Waals surface area contributed by atoms with Gasteiger partial charge in [-0.25, -0.2) is 0 Å². The molecule has 2 atom stereocenters. The number of nitrogens with two attached hydrogens (primary N) is 1. The van der Waals surface area contributed by atoms with Crippen LogP contribution < -0.4 is 5.73 Å². The lowest BCUT2D eigenvalue weighted by molar-refractivity contribution is -0.137. The molecule has 0 unspecified atom stereocenters. The van der Waals surface area contributed by atoms with Gasteiger partial charge >= 0.3 is 5.97 Å². The monoisotopic (exact) mass is 269 g/mol. The molecule has 0 saturated heterocycles. The minimum Gasteiger partial charge on any atom is -0.481 e. The summed E-state index contributed by atoms with van der Waals surface area (Å²) in [5.74, 6) is 0.916. The fourth-order valence-corrected chi connectivity index (χ4v) is 3.19. The molecule has 1 rings (SSSR count). The van der Waals surface area contributed by atoms with Crippen molar-refractivity contribution in [1.82, 2.24) is 0 Å². The van der Waals surface area contributed by atoms with Gasteiger partial charge in [-0.1, -0.05) is 58.3 Å². The summed E-state index contributed by atoms with van der Waals surface area (Å²) in [7, 11) is 0. The van der Waals surface area contributed by atoms with Crippen LogP contribution in [0.15, 0.2) is 0 Å². The highest BCUT2D eigenvalue weighted by Crippen LogP contribution is 2.29. The molecule has 1 saturated carbocycles. The molecule has 112 valence electrons. The molecule has 0 aliphatic heterocycles. The topological polar surface area (TPSA) is 63.3 Å². The minimum atomic E-state index is -0.781. The maximum atomic E-state index is 10.5. The van der Waals surface area contributed by atoms with E-state index < -0.39 is 5.97 Å². The lowest BCUT2D eigenvalue weighted by atomic mass is 9.93. The largest absolute Gasteiger partial charge is 0.481 e. The van der Waals surface area contributed by atoms with Gasteiger partial charge in [-0.05, 0) is 24.7 Å². The van der Waals surface area contributed by atoms with Gasteiger partial charge in [0, 0.05) is 6.04 Å². The van der Waals surface area contributed by atoms with E-state index >= 15 is 0 Å². The van der Waals surface area contributed by atoms with E-state index in [1.54, 1.807) is 0 Å². The Kier molecular flexibility index (Phi) is 8.11. The van der Waals surface area contributed by atoms with Crippen LogP contribution in [0.2, 0.25) is 0 Å². The van der Waals surface area contributed by atoms with Crippen LogP contribution in [-0.4, -0.2) is 17.1 Å². The molecule has 0 aromatic carbocycles. The molecule has 3 N–H and O–H groups in total. The number of unbranched alkanes of at least 4 members (excludes halogenated alkanes) is 1. The second-order valence-corrected chi connectivity index (χ2v) is 6.48. The summed E-state index contributed by atoms with van der Waals surface area (Å²) in [6.45, 7) is 2.27. The molecule has 1 aliphatic carbocycles. The molecule has 0 spiro atoms. The van der Waals surface area contributed by atoms with E-state index in [4.69, 9.17) is 10.8 Å². The van der Waals surface area contributed by atoms with Gasteiger partial charge in [-0.3, -0.25) is 4.79 Å². The molecule has 19 heavy (non-hydrogen) atoms. The van der Waals surface area contributed by atoms with Crippen molar-refractivity contribution in [1.29, 1.82) is 0 Å². The van der Waals surface area contributed by atoms with Crippen LogP contribution in [-0.2, 0) is 4.79 Å².